The molecule has 1 aromatic heterocycles. The second-order valence-electron chi connectivity index (χ2n) is 6.26. The van der Waals surface area contributed by atoms with Gasteiger partial charge in [-0.2, -0.15) is 0 Å². The van der Waals surface area contributed by atoms with Gasteiger partial charge in [0.2, 0.25) is 5.91 Å². The molecule has 0 bridgehead atoms. The summed E-state index contributed by atoms with van der Waals surface area (Å²) in [7, 11) is 0. The number of aromatic nitrogens is 1. The highest BCUT2D eigenvalue weighted by Gasteiger charge is 2.07. The van der Waals surface area contributed by atoms with Crippen molar-refractivity contribution >= 4 is 29.0 Å². The van der Waals surface area contributed by atoms with E-state index < -0.39 is 0 Å². The lowest BCUT2D eigenvalue weighted by Gasteiger charge is -2.12. The molecule has 0 saturated heterocycles. The number of carbonyl (C=O) groups excluding carboxylic acids is 1. The van der Waals surface area contributed by atoms with Crippen molar-refractivity contribution in [2.75, 3.05) is 10.6 Å². The van der Waals surface area contributed by atoms with Crippen molar-refractivity contribution in [1.29, 1.82) is 0 Å². The summed E-state index contributed by atoms with van der Waals surface area (Å²) in [5.41, 5.74) is 4.10. The first kappa shape index (κ1) is 18.9. The van der Waals surface area contributed by atoms with Gasteiger partial charge in [0.05, 0.1) is 5.69 Å². The van der Waals surface area contributed by atoms with Crippen molar-refractivity contribution in [1.82, 2.24) is 4.98 Å². The van der Waals surface area contributed by atoms with Crippen molar-refractivity contribution in [3.8, 4) is 11.1 Å². The van der Waals surface area contributed by atoms with Crippen molar-refractivity contribution < 1.29 is 4.79 Å². The second-order valence-corrected chi connectivity index (χ2v) is 6.69. The molecule has 27 heavy (non-hydrogen) atoms. The predicted octanol–water partition coefficient (Wildman–Crippen LogP) is 5.75. The molecule has 1 heterocycles. The van der Waals surface area contributed by atoms with E-state index >= 15 is 0 Å². The Bertz CT molecular complexity index is 892. The Balaban J connectivity index is 1.65. The minimum atomic E-state index is 0.000803. The number of nitrogens with zero attached hydrogens (tertiary/aromatic N) is 1. The van der Waals surface area contributed by atoms with Crippen molar-refractivity contribution in [3.63, 3.8) is 0 Å². The van der Waals surface area contributed by atoms with E-state index in [2.05, 4.69) is 39.9 Å². The highest BCUT2D eigenvalue weighted by molar-refractivity contribution is 6.30. The van der Waals surface area contributed by atoms with E-state index in [1.165, 1.54) is 0 Å². The molecule has 4 nitrogen and oxygen atoms in total. The number of pyridine rings is 1. The fourth-order valence-electron chi connectivity index (χ4n) is 2.73. The molecule has 5 heteroatoms. The van der Waals surface area contributed by atoms with Crippen molar-refractivity contribution in [2.45, 2.75) is 26.3 Å². The molecule has 3 aromatic rings. The summed E-state index contributed by atoms with van der Waals surface area (Å²) in [5, 5.41) is 6.94. The fourth-order valence-corrected chi connectivity index (χ4v) is 2.86. The van der Waals surface area contributed by atoms with Gasteiger partial charge in [0.25, 0.3) is 0 Å². The number of anilines is 2. The van der Waals surface area contributed by atoms with Gasteiger partial charge in [-0.15, -0.1) is 0 Å². The summed E-state index contributed by atoms with van der Waals surface area (Å²) in [4.78, 5) is 16.2. The lowest BCUT2D eigenvalue weighted by molar-refractivity contribution is -0.116. The molecule has 0 aliphatic carbocycles. The Hall–Kier alpha value is -2.85. The third-order valence-corrected chi connectivity index (χ3v) is 4.40. The fraction of sp³-hybridized carbons (Fsp3) is 0.182. The molecule has 0 atom stereocenters. The Morgan fingerprint density at radius 1 is 1.00 bits per heavy atom. The Morgan fingerprint density at radius 2 is 1.67 bits per heavy atom. The number of rotatable bonds is 7. The molecule has 138 valence electrons. The van der Waals surface area contributed by atoms with Crippen molar-refractivity contribution in [3.05, 3.63) is 77.4 Å². The van der Waals surface area contributed by atoms with Crippen LogP contribution in [0.4, 0.5) is 11.5 Å². The van der Waals surface area contributed by atoms with Crippen LogP contribution in [0.1, 0.15) is 25.3 Å². The van der Waals surface area contributed by atoms with Crippen molar-refractivity contribution in [2.24, 2.45) is 0 Å². The Labute approximate surface area is 164 Å². The van der Waals surface area contributed by atoms with E-state index in [-0.39, 0.29) is 5.91 Å². The van der Waals surface area contributed by atoms with Gasteiger partial charge in [-0.05, 0) is 47.4 Å². The summed E-state index contributed by atoms with van der Waals surface area (Å²) >= 11 is 5.95. The predicted molar refractivity (Wildman–Crippen MR) is 112 cm³/mol. The molecule has 0 aliphatic heterocycles. The zero-order chi connectivity index (χ0) is 19.1. The number of amides is 1. The van der Waals surface area contributed by atoms with Gasteiger partial charge in [-0.1, -0.05) is 54.9 Å². The number of hydrogen-bond acceptors (Lipinski definition) is 3. The number of halogens is 1. The van der Waals surface area contributed by atoms with Gasteiger partial charge in [0.15, 0.2) is 0 Å². The monoisotopic (exact) mass is 379 g/mol. The topological polar surface area (TPSA) is 54.0 Å². The van der Waals surface area contributed by atoms with Crippen LogP contribution in [-0.4, -0.2) is 10.9 Å². The summed E-state index contributed by atoms with van der Waals surface area (Å²) in [6.07, 6.45) is 3.02. The smallest absolute Gasteiger partial charge is 0.224 e. The van der Waals surface area contributed by atoms with Crippen LogP contribution in [0.2, 0.25) is 5.02 Å². The molecular formula is C22H22ClN3O. The van der Waals surface area contributed by atoms with Crippen LogP contribution in [0, 0.1) is 0 Å². The molecule has 0 spiro atoms. The lowest BCUT2D eigenvalue weighted by atomic mass is 10.0. The first-order valence-electron chi connectivity index (χ1n) is 8.99. The van der Waals surface area contributed by atoms with Crippen LogP contribution in [0.15, 0.2) is 66.9 Å². The zero-order valence-corrected chi connectivity index (χ0v) is 16.0. The molecule has 0 unspecified atom stereocenters. The lowest BCUT2D eigenvalue weighted by Crippen LogP contribution is -2.13. The zero-order valence-electron chi connectivity index (χ0n) is 15.2. The highest BCUT2D eigenvalue weighted by Crippen LogP contribution is 2.23. The van der Waals surface area contributed by atoms with Crippen LogP contribution in [0.5, 0.6) is 0 Å². The van der Waals surface area contributed by atoms with Gasteiger partial charge in [0.1, 0.15) is 5.82 Å². The van der Waals surface area contributed by atoms with E-state index in [4.69, 9.17) is 11.6 Å². The summed E-state index contributed by atoms with van der Waals surface area (Å²) in [5.74, 6) is 0.671. The molecule has 2 aromatic carbocycles. The SMILES string of the molecule is CCCC(=O)Nc1cccnc1NCc1ccc(-c2ccc(Cl)cc2)cc1. The largest absolute Gasteiger partial charge is 0.364 e. The van der Waals surface area contributed by atoms with Crippen LogP contribution >= 0.6 is 11.6 Å². The summed E-state index contributed by atoms with van der Waals surface area (Å²) in [6.45, 7) is 2.60. The summed E-state index contributed by atoms with van der Waals surface area (Å²) in [6, 6.07) is 19.8. The average Bonchev–Trinajstić information content (AvgIpc) is 2.69. The molecular weight excluding hydrogens is 358 g/mol. The molecule has 0 saturated carbocycles. The van der Waals surface area contributed by atoms with E-state index in [0.717, 1.165) is 28.1 Å². The average molecular weight is 380 g/mol. The van der Waals surface area contributed by atoms with Gasteiger partial charge in [-0.25, -0.2) is 4.98 Å². The maximum atomic E-state index is 11.9. The van der Waals surface area contributed by atoms with Crippen LogP contribution in [-0.2, 0) is 11.3 Å². The maximum Gasteiger partial charge on any atom is 0.224 e. The molecule has 1 amide bonds. The number of hydrogen-bond donors (Lipinski definition) is 2. The molecule has 0 radical (unpaired) electrons. The van der Waals surface area contributed by atoms with Crippen LogP contribution < -0.4 is 10.6 Å². The normalized spacial score (nSPS) is 10.4. The minimum Gasteiger partial charge on any atom is -0.364 e. The van der Waals surface area contributed by atoms with Crippen LogP contribution in [0.25, 0.3) is 11.1 Å². The first-order valence-corrected chi connectivity index (χ1v) is 9.37. The molecule has 0 fully saturated rings. The minimum absolute atomic E-state index is 0.000803. The van der Waals surface area contributed by atoms with E-state index in [9.17, 15) is 4.79 Å². The Morgan fingerprint density at radius 3 is 2.33 bits per heavy atom. The van der Waals surface area contributed by atoms with E-state index in [1.54, 1.807) is 6.20 Å². The number of nitrogens with one attached hydrogen (secondary N) is 2. The van der Waals surface area contributed by atoms with Gasteiger partial charge in [0, 0.05) is 24.2 Å². The van der Waals surface area contributed by atoms with Gasteiger partial charge >= 0.3 is 0 Å². The maximum absolute atomic E-state index is 11.9. The standard InChI is InChI=1S/C22H22ClN3O/c1-2-4-21(27)26-20-5-3-14-24-22(20)25-15-16-6-8-17(9-7-16)18-10-12-19(23)13-11-18/h3,5-14H,2,4,15H2,1H3,(H,24,25)(H,26,27). The summed E-state index contributed by atoms with van der Waals surface area (Å²) < 4.78 is 0. The van der Waals surface area contributed by atoms with Crippen LogP contribution in [0.3, 0.4) is 0 Å². The van der Waals surface area contributed by atoms with E-state index in [1.807, 2.05) is 43.3 Å². The number of benzene rings is 2. The number of carbonyl (C=O) groups is 1. The quantitative estimate of drug-likeness (QED) is 0.549. The molecule has 2 N–H and O–H groups in total. The Kier molecular flexibility index (Phi) is 6.44. The third-order valence-electron chi connectivity index (χ3n) is 4.15. The first-order chi connectivity index (χ1) is 13.2. The second kappa shape index (κ2) is 9.19. The molecule has 3 rings (SSSR count). The van der Waals surface area contributed by atoms with Gasteiger partial charge < -0.3 is 10.6 Å². The highest BCUT2D eigenvalue weighted by atomic mass is 35.5. The van der Waals surface area contributed by atoms with Gasteiger partial charge in [-0.3, -0.25) is 4.79 Å². The molecule has 0 aliphatic rings. The van der Waals surface area contributed by atoms with E-state index in [0.29, 0.717) is 24.5 Å². The third kappa shape index (κ3) is 5.31.